The molecule has 2 rings (SSSR count). The lowest BCUT2D eigenvalue weighted by Crippen LogP contribution is -2.21. The topological polar surface area (TPSA) is 26.3 Å². The number of rotatable bonds is 2. The third kappa shape index (κ3) is 1.83. The molecule has 1 aromatic carbocycles. The molecular formula is C11H7F5O2. The van der Waals surface area contributed by atoms with E-state index < -0.39 is 46.2 Å². The molecule has 0 amide bonds. The summed E-state index contributed by atoms with van der Waals surface area (Å²) < 4.78 is 69.0. The van der Waals surface area contributed by atoms with Crippen LogP contribution in [0.25, 0.3) is 0 Å². The van der Waals surface area contributed by atoms with Gasteiger partial charge in [-0.25, -0.2) is 13.2 Å². The van der Waals surface area contributed by atoms with E-state index in [2.05, 4.69) is 4.74 Å². The molecule has 1 aliphatic carbocycles. The normalized spacial score (nSPS) is 16.6. The first-order valence-corrected chi connectivity index (χ1v) is 5.01. The van der Waals surface area contributed by atoms with Crippen LogP contribution in [-0.4, -0.2) is 5.97 Å². The molecular weight excluding hydrogens is 259 g/mol. The Morgan fingerprint density at radius 1 is 0.944 bits per heavy atom. The van der Waals surface area contributed by atoms with E-state index >= 15 is 0 Å². The predicted octanol–water partition coefficient (Wildman–Crippen LogP) is 3.09. The zero-order valence-electron chi connectivity index (χ0n) is 9.12. The van der Waals surface area contributed by atoms with Crippen molar-refractivity contribution >= 4 is 5.97 Å². The van der Waals surface area contributed by atoms with Gasteiger partial charge in [-0.2, -0.15) is 8.78 Å². The van der Waals surface area contributed by atoms with E-state index in [1.165, 1.54) is 6.92 Å². The molecule has 0 spiro atoms. The van der Waals surface area contributed by atoms with Gasteiger partial charge in [0.15, 0.2) is 0 Å². The quantitative estimate of drug-likeness (QED) is 0.270. The first kappa shape index (κ1) is 12.8. The van der Waals surface area contributed by atoms with Gasteiger partial charge >= 0.3 is 5.97 Å². The van der Waals surface area contributed by atoms with Gasteiger partial charge in [0.05, 0.1) is 5.41 Å². The van der Waals surface area contributed by atoms with Crippen molar-refractivity contribution in [2.24, 2.45) is 5.41 Å². The summed E-state index contributed by atoms with van der Waals surface area (Å²) in [5, 5.41) is 0. The highest BCUT2D eigenvalue weighted by Crippen LogP contribution is 2.46. The maximum absolute atomic E-state index is 13.2. The van der Waals surface area contributed by atoms with Crippen LogP contribution in [-0.2, 0) is 4.79 Å². The van der Waals surface area contributed by atoms with Gasteiger partial charge in [0, 0.05) is 0 Å². The summed E-state index contributed by atoms with van der Waals surface area (Å²) in [5.41, 5.74) is -0.903. The summed E-state index contributed by atoms with van der Waals surface area (Å²) in [6, 6.07) is 0. The van der Waals surface area contributed by atoms with E-state index in [-0.39, 0.29) is 0 Å². The van der Waals surface area contributed by atoms with Crippen LogP contribution in [0.5, 0.6) is 5.75 Å². The smallest absolute Gasteiger partial charge is 0.317 e. The highest BCUT2D eigenvalue weighted by molar-refractivity contribution is 5.81. The van der Waals surface area contributed by atoms with Crippen LogP contribution in [0.15, 0.2) is 0 Å². The lowest BCUT2D eigenvalue weighted by atomic mass is 10.1. The van der Waals surface area contributed by atoms with Gasteiger partial charge in [-0.05, 0) is 19.8 Å². The van der Waals surface area contributed by atoms with E-state index in [9.17, 15) is 26.7 Å². The van der Waals surface area contributed by atoms with Crippen LogP contribution < -0.4 is 4.74 Å². The van der Waals surface area contributed by atoms with Crippen LogP contribution in [0.4, 0.5) is 22.0 Å². The van der Waals surface area contributed by atoms with E-state index in [4.69, 9.17) is 0 Å². The van der Waals surface area contributed by atoms with Crippen LogP contribution in [0.2, 0.25) is 0 Å². The molecule has 0 aliphatic heterocycles. The van der Waals surface area contributed by atoms with Crippen molar-refractivity contribution in [3.05, 3.63) is 29.1 Å². The Morgan fingerprint density at radius 2 is 1.33 bits per heavy atom. The predicted molar refractivity (Wildman–Crippen MR) is 49.2 cm³/mol. The minimum atomic E-state index is -2.29. The molecule has 2 nitrogen and oxygen atoms in total. The first-order valence-electron chi connectivity index (χ1n) is 5.01. The highest BCUT2D eigenvalue weighted by Gasteiger charge is 2.47. The summed E-state index contributed by atoms with van der Waals surface area (Å²) in [7, 11) is 0. The second kappa shape index (κ2) is 3.93. The van der Waals surface area contributed by atoms with Crippen molar-refractivity contribution in [1.29, 1.82) is 0 Å². The number of carbonyl (C=O) groups excluding carboxylic acids is 1. The van der Waals surface area contributed by atoms with Crippen molar-refractivity contribution in [3.63, 3.8) is 0 Å². The summed E-state index contributed by atoms with van der Waals surface area (Å²) in [6.45, 7) is 1.47. The zero-order chi connectivity index (χ0) is 13.7. The standard InChI is InChI=1S/C11H7F5O2/c1-11(2-3-11)10(17)18-9-7(15)5(13)4(12)6(14)8(9)16/h2-3H2,1H3. The molecule has 1 fully saturated rings. The molecule has 0 radical (unpaired) electrons. The van der Waals surface area contributed by atoms with Gasteiger partial charge in [0.25, 0.3) is 0 Å². The largest absolute Gasteiger partial charge is 0.420 e. The molecule has 18 heavy (non-hydrogen) atoms. The fourth-order valence-electron chi connectivity index (χ4n) is 1.28. The van der Waals surface area contributed by atoms with E-state index in [0.29, 0.717) is 12.8 Å². The average molecular weight is 266 g/mol. The van der Waals surface area contributed by atoms with E-state index in [0.717, 1.165) is 0 Å². The second-order valence-corrected chi connectivity index (χ2v) is 4.35. The monoisotopic (exact) mass is 266 g/mol. The maximum atomic E-state index is 13.2. The summed E-state index contributed by atoms with van der Waals surface area (Å²) in [5.74, 6) is -13.4. The van der Waals surface area contributed by atoms with Gasteiger partial charge in [0.1, 0.15) is 0 Å². The molecule has 1 aliphatic rings. The molecule has 0 aromatic heterocycles. The number of hydrogen-bond donors (Lipinski definition) is 0. The molecule has 0 bridgehead atoms. The molecule has 0 saturated heterocycles. The lowest BCUT2D eigenvalue weighted by molar-refractivity contribution is -0.140. The fraction of sp³-hybridized carbons (Fsp3) is 0.364. The Morgan fingerprint density at radius 3 is 1.72 bits per heavy atom. The molecule has 0 heterocycles. The molecule has 0 unspecified atom stereocenters. The van der Waals surface area contributed by atoms with Crippen molar-refractivity contribution in [3.8, 4) is 5.75 Å². The van der Waals surface area contributed by atoms with E-state index in [1.807, 2.05) is 0 Å². The minimum Gasteiger partial charge on any atom is -0.420 e. The third-order valence-corrected chi connectivity index (χ3v) is 2.86. The Hall–Kier alpha value is -1.66. The fourth-order valence-corrected chi connectivity index (χ4v) is 1.28. The van der Waals surface area contributed by atoms with Gasteiger partial charge in [-0.15, -0.1) is 0 Å². The summed E-state index contributed by atoms with van der Waals surface area (Å²) in [4.78, 5) is 11.4. The molecule has 1 aromatic rings. The van der Waals surface area contributed by atoms with Gasteiger partial charge in [-0.3, -0.25) is 4.79 Å². The molecule has 0 N–H and O–H groups in total. The second-order valence-electron chi connectivity index (χ2n) is 4.35. The number of benzene rings is 1. The van der Waals surface area contributed by atoms with Crippen molar-refractivity contribution in [2.45, 2.75) is 19.8 Å². The van der Waals surface area contributed by atoms with Crippen LogP contribution in [0.3, 0.4) is 0 Å². The third-order valence-electron chi connectivity index (χ3n) is 2.86. The van der Waals surface area contributed by atoms with Crippen LogP contribution in [0, 0.1) is 34.5 Å². The first-order chi connectivity index (χ1) is 8.28. The van der Waals surface area contributed by atoms with E-state index in [1.54, 1.807) is 0 Å². The average Bonchev–Trinajstić information content (AvgIpc) is 3.09. The minimum absolute atomic E-state index is 0.446. The number of esters is 1. The Labute approximate surface area is 98.4 Å². The molecule has 7 heteroatoms. The number of ether oxygens (including phenoxy) is 1. The highest BCUT2D eigenvalue weighted by atomic mass is 19.2. The summed E-state index contributed by atoms with van der Waals surface area (Å²) in [6.07, 6.45) is 0.891. The van der Waals surface area contributed by atoms with Gasteiger partial charge in [0.2, 0.25) is 34.8 Å². The zero-order valence-corrected chi connectivity index (χ0v) is 9.12. The van der Waals surface area contributed by atoms with Crippen LogP contribution in [0.1, 0.15) is 19.8 Å². The van der Waals surface area contributed by atoms with Gasteiger partial charge < -0.3 is 4.74 Å². The Bertz CT molecular complexity index is 508. The number of halogens is 5. The lowest BCUT2D eigenvalue weighted by Gasteiger charge is -2.11. The number of carbonyl (C=O) groups is 1. The Balaban J connectivity index is 2.42. The molecule has 98 valence electrons. The summed E-state index contributed by atoms with van der Waals surface area (Å²) >= 11 is 0. The van der Waals surface area contributed by atoms with Crippen molar-refractivity contribution in [1.82, 2.24) is 0 Å². The van der Waals surface area contributed by atoms with Crippen molar-refractivity contribution in [2.75, 3.05) is 0 Å². The number of hydrogen-bond acceptors (Lipinski definition) is 2. The molecule has 0 atom stereocenters. The Kier molecular flexibility index (Phi) is 2.79. The SMILES string of the molecule is CC1(C(=O)Oc2c(F)c(F)c(F)c(F)c2F)CC1. The maximum Gasteiger partial charge on any atom is 0.317 e. The van der Waals surface area contributed by atoms with Gasteiger partial charge in [-0.1, -0.05) is 0 Å². The van der Waals surface area contributed by atoms with Crippen molar-refractivity contribution < 1.29 is 31.5 Å². The molecule has 1 saturated carbocycles. The van der Waals surface area contributed by atoms with Crippen LogP contribution >= 0.6 is 0 Å².